The van der Waals surface area contributed by atoms with Gasteiger partial charge in [-0.05, 0) is 24.6 Å². The van der Waals surface area contributed by atoms with E-state index in [1.165, 1.54) is 6.07 Å². The minimum absolute atomic E-state index is 0.0106. The predicted octanol–water partition coefficient (Wildman–Crippen LogP) is 1.64. The minimum Gasteiger partial charge on any atom is -0.507 e. The summed E-state index contributed by atoms with van der Waals surface area (Å²) in [4.78, 5) is 0. The van der Waals surface area contributed by atoms with Gasteiger partial charge in [0.1, 0.15) is 11.6 Å². The third-order valence-electron chi connectivity index (χ3n) is 1.07. The van der Waals surface area contributed by atoms with E-state index in [2.05, 4.69) is 6.07 Å². The largest absolute Gasteiger partial charge is 0.507 e. The van der Waals surface area contributed by atoms with Crippen LogP contribution in [0.5, 0.6) is 5.75 Å². The number of phenolic OH excluding ortho intramolecular Hbond substituents is 1. The van der Waals surface area contributed by atoms with Gasteiger partial charge in [0.25, 0.3) is 0 Å². The molecule has 9 heavy (non-hydrogen) atoms. The second-order valence-corrected chi connectivity index (χ2v) is 1.85. The summed E-state index contributed by atoms with van der Waals surface area (Å²) in [5, 5.41) is 8.82. The lowest BCUT2D eigenvalue weighted by atomic mass is 10.2. The molecule has 0 unspecified atom stereocenters. The Kier molecular flexibility index (Phi) is 1.39. The fraction of sp³-hybridized carbons (Fsp3) is 0.143. The van der Waals surface area contributed by atoms with Crippen molar-refractivity contribution in [3.05, 3.63) is 29.6 Å². The highest BCUT2D eigenvalue weighted by molar-refractivity contribution is 5.29. The highest BCUT2D eigenvalue weighted by Gasteiger charge is 1.95. The number of aromatic hydroxyl groups is 1. The Balaban J connectivity index is 3.17. The van der Waals surface area contributed by atoms with Gasteiger partial charge >= 0.3 is 0 Å². The molecule has 0 saturated heterocycles. The van der Waals surface area contributed by atoms with Gasteiger partial charge in [-0.3, -0.25) is 0 Å². The Bertz CT molecular complexity index is 220. The smallest absolute Gasteiger partial charge is 0.126 e. The standard InChI is InChI=1S/C7H6FO/c1-5-4-6(8)2-3-7(5)9/h2,4,9H,1H3. The topological polar surface area (TPSA) is 20.2 Å². The maximum atomic E-state index is 12.2. The summed E-state index contributed by atoms with van der Waals surface area (Å²) in [6, 6.07) is 4.70. The summed E-state index contributed by atoms with van der Waals surface area (Å²) < 4.78 is 12.2. The molecule has 0 aromatic heterocycles. The number of hydrogen-bond acceptors (Lipinski definition) is 1. The normalized spacial score (nSPS) is 9.56. The SMILES string of the molecule is Cc1cc(F)c[c]c1O. The average molecular weight is 125 g/mol. The van der Waals surface area contributed by atoms with Gasteiger partial charge < -0.3 is 5.11 Å². The zero-order chi connectivity index (χ0) is 6.85. The number of halogens is 1. The van der Waals surface area contributed by atoms with Crippen molar-refractivity contribution >= 4 is 0 Å². The molecule has 0 bridgehead atoms. The Morgan fingerprint density at radius 3 is 2.78 bits per heavy atom. The van der Waals surface area contributed by atoms with Crippen LogP contribution < -0.4 is 0 Å². The van der Waals surface area contributed by atoms with Crippen LogP contribution in [0.25, 0.3) is 0 Å². The molecule has 1 nitrogen and oxygen atoms in total. The molecule has 47 valence electrons. The van der Waals surface area contributed by atoms with Crippen LogP contribution in [0.3, 0.4) is 0 Å². The van der Waals surface area contributed by atoms with Crippen molar-refractivity contribution in [1.82, 2.24) is 0 Å². The van der Waals surface area contributed by atoms with E-state index < -0.39 is 0 Å². The van der Waals surface area contributed by atoms with E-state index in [-0.39, 0.29) is 11.6 Å². The molecule has 0 aliphatic heterocycles. The van der Waals surface area contributed by atoms with E-state index in [1.807, 2.05) is 0 Å². The van der Waals surface area contributed by atoms with Gasteiger partial charge in [-0.2, -0.15) is 0 Å². The molecular formula is C7H6FO. The van der Waals surface area contributed by atoms with Crippen molar-refractivity contribution in [2.24, 2.45) is 0 Å². The Hall–Kier alpha value is -1.05. The summed E-state index contributed by atoms with van der Waals surface area (Å²) in [6.45, 7) is 1.62. The third kappa shape index (κ3) is 1.19. The van der Waals surface area contributed by atoms with Gasteiger partial charge in [0.15, 0.2) is 0 Å². The van der Waals surface area contributed by atoms with Crippen LogP contribution in [0.4, 0.5) is 4.39 Å². The summed E-state index contributed by atoms with van der Waals surface area (Å²) in [5.74, 6) is -0.360. The van der Waals surface area contributed by atoms with E-state index in [0.29, 0.717) is 5.56 Å². The molecule has 0 fully saturated rings. The molecule has 2 heteroatoms. The number of rotatable bonds is 0. The van der Waals surface area contributed by atoms with Gasteiger partial charge in [0.05, 0.1) is 0 Å². The molecule has 0 aliphatic carbocycles. The number of phenols is 1. The van der Waals surface area contributed by atoms with Crippen molar-refractivity contribution in [1.29, 1.82) is 0 Å². The summed E-state index contributed by atoms with van der Waals surface area (Å²) in [6.07, 6.45) is 0. The van der Waals surface area contributed by atoms with Crippen molar-refractivity contribution < 1.29 is 9.50 Å². The quantitative estimate of drug-likeness (QED) is 0.558. The molecular weight excluding hydrogens is 119 g/mol. The molecule has 0 saturated carbocycles. The number of hydrogen-bond donors (Lipinski definition) is 1. The summed E-state index contributed by atoms with van der Waals surface area (Å²) in [7, 11) is 0. The lowest BCUT2D eigenvalue weighted by molar-refractivity contribution is 0.467. The van der Waals surface area contributed by atoms with Gasteiger partial charge in [0, 0.05) is 6.07 Å². The molecule has 0 amide bonds. The molecule has 0 aliphatic rings. The first-order chi connectivity index (χ1) is 4.20. The van der Waals surface area contributed by atoms with E-state index in [4.69, 9.17) is 5.11 Å². The number of benzene rings is 1. The van der Waals surface area contributed by atoms with Crippen molar-refractivity contribution in [2.75, 3.05) is 0 Å². The van der Waals surface area contributed by atoms with E-state index in [1.54, 1.807) is 6.92 Å². The molecule has 1 N–H and O–H groups in total. The predicted molar refractivity (Wildman–Crippen MR) is 31.6 cm³/mol. The maximum absolute atomic E-state index is 12.2. The monoisotopic (exact) mass is 125 g/mol. The van der Waals surface area contributed by atoms with Gasteiger partial charge in [-0.15, -0.1) is 0 Å². The lowest BCUT2D eigenvalue weighted by Crippen LogP contribution is -1.76. The van der Waals surface area contributed by atoms with Crippen LogP contribution in [0, 0.1) is 18.8 Å². The second kappa shape index (κ2) is 2.05. The first-order valence-electron chi connectivity index (χ1n) is 2.57. The van der Waals surface area contributed by atoms with Crippen LogP contribution in [0.2, 0.25) is 0 Å². The van der Waals surface area contributed by atoms with Crippen molar-refractivity contribution in [3.63, 3.8) is 0 Å². The number of aryl methyl sites for hydroxylation is 1. The summed E-state index contributed by atoms with van der Waals surface area (Å²) >= 11 is 0. The van der Waals surface area contributed by atoms with Crippen LogP contribution in [-0.2, 0) is 0 Å². The zero-order valence-electron chi connectivity index (χ0n) is 4.98. The fourth-order valence-corrected chi connectivity index (χ4v) is 0.568. The van der Waals surface area contributed by atoms with Crippen molar-refractivity contribution in [3.8, 4) is 5.75 Å². The van der Waals surface area contributed by atoms with Crippen molar-refractivity contribution in [2.45, 2.75) is 6.92 Å². The molecule has 1 rings (SSSR count). The van der Waals surface area contributed by atoms with Gasteiger partial charge in [0.2, 0.25) is 0 Å². The summed E-state index contributed by atoms with van der Waals surface area (Å²) in [5.41, 5.74) is 0.509. The minimum atomic E-state index is -0.370. The maximum Gasteiger partial charge on any atom is 0.126 e. The first-order valence-corrected chi connectivity index (χ1v) is 2.57. The molecule has 0 atom stereocenters. The Labute approximate surface area is 52.8 Å². The van der Waals surface area contributed by atoms with Crippen LogP contribution in [0.15, 0.2) is 12.1 Å². The highest BCUT2D eigenvalue weighted by Crippen LogP contribution is 2.14. The second-order valence-electron chi connectivity index (χ2n) is 1.85. The van der Waals surface area contributed by atoms with Crippen LogP contribution >= 0.6 is 0 Å². The fourth-order valence-electron chi connectivity index (χ4n) is 0.568. The van der Waals surface area contributed by atoms with Crippen LogP contribution in [0.1, 0.15) is 5.56 Å². The zero-order valence-corrected chi connectivity index (χ0v) is 4.98. The molecule has 1 radical (unpaired) electrons. The lowest BCUT2D eigenvalue weighted by Gasteiger charge is -1.94. The Morgan fingerprint density at radius 2 is 2.33 bits per heavy atom. The van der Waals surface area contributed by atoms with E-state index in [9.17, 15) is 4.39 Å². The molecule has 0 heterocycles. The van der Waals surface area contributed by atoms with Gasteiger partial charge in [-0.25, -0.2) is 4.39 Å². The highest BCUT2D eigenvalue weighted by atomic mass is 19.1. The van der Waals surface area contributed by atoms with E-state index in [0.717, 1.165) is 6.07 Å². The third-order valence-corrected chi connectivity index (χ3v) is 1.07. The Morgan fingerprint density at radius 1 is 1.67 bits per heavy atom. The molecule has 1 aromatic rings. The van der Waals surface area contributed by atoms with Gasteiger partial charge in [-0.1, -0.05) is 0 Å². The average Bonchev–Trinajstić information content (AvgIpc) is 1.80. The first kappa shape index (κ1) is 6.08. The van der Waals surface area contributed by atoms with Crippen LogP contribution in [-0.4, -0.2) is 5.11 Å². The van der Waals surface area contributed by atoms with E-state index >= 15 is 0 Å². The molecule has 1 aromatic carbocycles. The molecule has 0 spiro atoms.